The van der Waals surface area contributed by atoms with Crippen LogP contribution in [0.25, 0.3) is 11.1 Å². The number of carbonyl (C=O) groups excluding carboxylic acids is 1. The van der Waals surface area contributed by atoms with E-state index in [9.17, 15) is 9.00 Å². The van der Waals surface area contributed by atoms with Crippen LogP contribution in [-0.2, 0) is 9.73 Å². The standard InChI is InChI=1S/C23H26N6O2S/c1-32(24,31)21-5-3-2-4-20(21)17-8-6-16(7-9-17)19-13-29(14-19)23(30)28-11-10-18(12-28)22-25-15-26-27-22/h2-9,15,18-19,24H,10-14H2,1H3,(H,25,26,27)/t18-,32?/m0/s1. The summed E-state index contributed by atoms with van der Waals surface area (Å²) in [6, 6.07) is 15.7. The molecule has 3 heterocycles. The minimum Gasteiger partial charge on any atom is -0.324 e. The highest BCUT2D eigenvalue weighted by Gasteiger charge is 2.37. The summed E-state index contributed by atoms with van der Waals surface area (Å²) in [5.41, 5.74) is 2.98. The zero-order valence-corrected chi connectivity index (χ0v) is 18.7. The molecule has 2 atom stereocenters. The lowest BCUT2D eigenvalue weighted by atomic mass is 9.90. The number of H-pyrrole nitrogens is 1. The van der Waals surface area contributed by atoms with Crippen molar-refractivity contribution in [1.82, 2.24) is 25.0 Å². The van der Waals surface area contributed by atoms with Crippen LogP contribution in [0.4, 0.5) is 4.79 Å². The average molecular weight is 451 g/mol. The first kappa shape index (κ1) is 20.7. The first-order valence-corrected chi connectivity index (χ1v) is 12.7. The molecule has 0 aliphatic carbocycles. The van der Waals surface area contributed by atoms with Crippen LogP contribution in [0.3, 0.4) is 0 Å². The number of aromatic nitrogens is 3. The molecule has 2 fully saturated rings. The van der Waals surface area contributed by atoms with E-state index in [0.717, 1.165) is 29.9 Å². The van der Waals surface area contributed by atoms with Crippen LogP contribution in [-0.4, -0.2) is 67.7 Å². The molecule has 0 spiro atoms. The topological polar surface area (TPSA) is 106 Å². The SMILES string of the molecule is CS(=N)(=O)c1ccccc1-c1ccc(C2CN(C(=O)N3CC[C@H](c4ncn[nH]4)C3)C2)cc1. The third kappa shape index (κ3) is 3.88. The molecule has 8 nitrogen and oxygen atoms in total. The van der Waals surface area contributed by atoms with Gasteiger partial charge in [-0.05, 0) is 29.2 Å². The number of carbonyl (C=O) groups is 1. The quantitative estimate of drug-likeness (QED) is 0.634. The molecule has 166 valence electrons. The zero-order valence-electron chi connectivity index (χ0n) is 17.9. The Labute approximate surface area is 187 Å². The van der Waals surface area contributed by atoms with Gasteiger partial charge in [-0.25, -0.2) is 18.8 Å². The molecular weight excluding hydrogens is 424 g/mol. The lowest BCUT2D eigenvalue weighted by Gasteiger charge is -2.41. The lowest BCUT2D eigenvalue weighted by Crippen LogP contribution is -2.53. The van der Waals surface area contributed by atoms with Gasteiger partial charge in [0, 0.05) is 44.3 Å². The second kappa shape index (κ2) is 8.05. The fraction of sp³-hybridized carbons (Fsp3) is 0.348. The second-order valence-electron chi connectivity index (χ2n) is 8.65. The highest BCUT2D eigenvalue weighted by molar-refractivity contribution is 7.91. The Bertz CT molecular complexity index is 1220. The van der Waals surface area contributed by atoms with Crippen molar-refractivity contribution >= 4 is 15.8 Å². The van der Waals surface area contributed by atoms with Crippen LogP contribution < -0.4 is 0 Å². The van der Waals surface area contributed by atoms with Gasteiger partial charge in [-0.2, -0.15) is 5.10 Å². The van der Waals surface area contributed by atoms with Crippen molar-refractivity contribution in [2.45, 2.75) is 23.2 Å². The van der Waals surface area contributed by atoms with E-state index in [-0.39, 0.29) is 11.9 Å². The Hall–Kier alpha value is -3.20. The van der Waals surface area contributed by atoms with E-state index in [0.29, 0.717) is 30.4 Å². The van der Waals surface area contributed by atoms with E-state index in [1.807, 2.05) is 40.1 Å². The molecule has 32 heavy (non-hydrogen) atoms. The number of hydrogen-bond donors (Lipinski definition) is 2. The number of benzene rings is 2. The van der Waals surface area contributed by atoms with Gasteiger partial charge >= 0.3 is 6.03 Å². The molecule has 0 radical (unpaired) electrons. The van der Waals surface area contributed by atoms with Gasteiger partial charge in [0.25, 0.3) is 0 Å². The predicted octanol–water partition coefficient (Wildman–Crippen LogP) is 3.52. The molecule has 2 aromatic carbocycles. The minimum atomic E-state index is -2.80. The van der Waals surface area contributed by atoms with Crippen molar-refractivity contribution < 1.29 is 9.00 Å². The van der Waals surface area contributed by atoms with E-state index >= 15 is 0 Å². The summed E-state index contributed by atoms with van der Waals surface area (Å²) in [5, 5.41) is 6.82. The van der Waals surface area contributed by atoms with E-state index in [1.165, 1.54) is 18.1 Å². The molecule has 2 aliphatic rings. The van der Waals surface area contributed by atoms with Crippen molar-refractivity contribution in [3.63, 3.8) is 0 Å². The van der Waals surface area contributed by atoms with Gasteiger partial charge in [0.05, 0.1) is 14.6 Å². The van der Waals surface area contributed by atoms with Crippen LogP contribution in [0.2, 0.25) is 0 Å². The fourth-order valence-electron chi connectivity index (χ4n) is 4.59. The Balaban J connectivity index is 1.21. The Morgan fingerprint density at radius 1 is 1.06 bits per heavy atom. The van der Waals surface area contributed by atoms with E-state index < -0.39 is 9.73 Å². The Morgan fingerprint density at radius 3 is 2.47 bits per heavy atom. The van der Waals surface area contributed by atoms with Crippen LogP contribution in [0.5, 0.6) is 0 Å². The van der Waals surface area contributed by atoms with Gasteiger partial charge in [0.15, 0.2) is 0 Å². The number of hydrogen-bond acceptors (Lipinski definition) is 5. The number of nitrogens with one attached hydrogen (secondary N) is 2. The monoisotopic (exact) mass is 450 g/mol. The highest BCUT2D eigenvalue weighted by atomic mass is 32.2. The molecule has 2 aliphatic heterocycles. The number of urea groups is 1. The third-order valence-electron chi connectivity index (χ3n) is 6.43. The summed E-state index contributed by atoms with van der Waals surface area (Å²) >= 11 is 0. The van der Waals surface area contributed by atoms with Crippen molar-refractivity contribution in [3.05, 3.63) is 66.2 Å². The smallest absolute Gasteiger partial charge is 0.320 e. The Kier molecular flexibility index (Phi) is 5.21. The number of rotatable bonds is 4. The Morgan fingerprint density at radius 2 is 1.78 bits per heavy atom. The molecule has 3 aromatic rings. The number of amides is 2. The average Bonchev–Trinajstić information content (AvgIpc) is 3.44. The maximum atomic E-state index is 12.9. The maximum absolute atomic E-state index is 12.9. The number of aromatic amines is 1. The van der Waals surface area contributed by atoms with Crippen molar-refractivity contribution in [2.24, 2.45) is 0 Å². The summed E-state index contributed by atoms with van der Waals surface area (Å²) in [6.07, 6.45) is 3.87. The predicted molar refractivity (Wildman–Crippen MR) is 122 cm³/mol. The molecule has 0 saturated carbocycles. The third-order valence-corrected chi connectivity index (χ3v) is 7.63. The lowest BCUT2D eigenvalue weighted by molar-refractivity contribution is 0.121. The molecule has 2 N–H and O–H groups in total. The number of nitrogens with zero attached hydrogens (tertiary/aromatic N) is 4. The molecule has 9 heteroatoms. The van der Waals surface area contributed by atoms with Crippen molar-refractivity contribution in [2.75, 3.05) is 32.4 Å². The van der Waals surface area contributed by atoms with Crippen LogP contribution in [0, 0.1) is 4.78 Å². The molecule has 1 aromatic heterocycles. The van der Waals surface area contributed by atoms with E-state index in [2.05, 4.69) is 27.3 Å². The van der Waals surface area contributed by atoms with Crippen LogP contribution in [0.1, 0.15) is 29.6 Å². The second-order valence-corrected chi connectivity index (χ2v) is 10.8. The summed E-state index contributed by atoms with van der Waals surface area (Å²) in [4.78, 5) is 21.4. The molecule has 2 saturated heterocycles. The van der Waals surface area contributed by atoms with Crippen molar-refractivity contribution in [1.29, 1.82) is 4.78 Å². The normalized spacial score (nSPS) is 20.7. The van der Waals surface area contributed by atoms with Crippen LogP contribution in [0.15, 0.2) is 59.8 Å². The van der Waals surface area contributed by atoms with Gasteiger partial charge < -0.3 is 9.80 Å². The molecular formula is C23H26N6O2S. The van der Waals surface area contributed by atoms with E-state index in [1.54, 1.807) is 6.07 Å². The molecule has 0 bridgehead atoms. The maximum Gasteiger partial charge on any atom is 0.320 e. The van der Waals surface area contributed by atoms with Gasteiger partial charge in [-0.1, -0.05) is 42.5 Å². The summed E-state index contributed by atoms with van der Waals surface area (Å²) in [6.45, 7) is 2.86. The van der Waals surface area contributed by atoms with Gasteiger partial charge in [0.1, 0.15) is 12.2 Å². The first-order chi connectivity index (χ1) is 15.4. The molecule has 1 unspecified atom stereocenters. The largest absolute Gasteiger partial charge is 0.324 e. The summed E-state index contributed by atoms with van der Waals surface area (Å²) in [5.74, 6) is 1.41. The van der Waals surface area contributed by atoms with Crippen molar-refractivity contribution in [3.8, 4) is 11.1 Å². The molecule has 5 rings (SSSR count). The zero-order chi connectivity index (χ0) is 22.3. The summed E-state index contributed by atoms with van der Waals surface area (Å²) in [7, 11) is -2.80. The fourth-order valence-corrected chi connectivity index (χ4v) is 5.54. The van der Waals surface area contributed by atoms with E-state index in [4.69, 9.17) is 4.78 Å². The molecule has 2 amide bonds. The van der Waals surface area contributed by atoms with Crippen LogP contribution >= 0.6 is 0 Å². The highest BCUT2D eigenvalue weighted by Crippen LogP contribution is 2.33. The van der Waals surface area contributed by atoms with Gasteiger partial charge in [-0.3, -0.25) is 5.10 Å². The summed E-state index contributed by atoms with van der Waals surface area (Å²) < 4.78 is 20.3. The minimum absolute atomic E-state index is 0.0990. The van der Waals surface area contributed by atoms with Gasteiger partial charge in [0.2, 0.25) is 0 Å². The number of likely N-dealkylation sites (tertiary alicyclic amines) is 2. The first-order valence-electron chi connectivity index (χ1n) is 10.7. The van der Waals surface area contributed by atoms with Gasteiger partial charge in [-0.15, -0.1) is 0 Å².